The molecule has 0 unspecified atom stereocenters. The van der Waals surface area contributed by atoms with Crippen molar-refractivity contribution in [3.63, 3.8) is 0 Å². The van der Waals surface area contributed by atoms with Crippen LogP contribution in [0, 0.1) is 0 Å². The predicted molar refractivity (Wildman–Crippen MR) is 83.0 cm³/mol. The van der Waals surface area contributed by atoms with E-state index >= 15 is 0 Å². The van der Waals surface area contributed by atoms with Gasteiger partial charge in [0.25, 0.3) is 5.91 Å². The Morgan fingerprint density at radius 1 is 1.39 bits per heavy atom. The number of nitrogens with zero attached hydrogens (tertiary/aromatic N) is 3. The number of methoxy groups -OCH3 is 1. The molecular weight excluding hydrogens is 298 g/mol. The number of rotatable bonds is 4. The molecule has 0 spiro atoms. The van der Waals surface area contributed by atoms with E-state index in [2.05, 4.69) is 5.10 Å². The fourth-order valence-corrected chi connectivity index (χ4v) is 2.52. The number of amides is 1. The third-order valence-electron chi connectivity index (χ3n) is 3.60. The van der Waals surface area contributed by atoms with Crippen LogP contribution in [0.3, 0.4) is 0 Å². The van der Waals surface area contributed by atoms with Crippen LogP contribution in [0.1, 0.15) is 15.9 Å². The van der Waals surface area contributed by atoms with Gasteiger partial charge in [0.1, 0.15) is 13.2 Å². The van der Waals surface area contributed by atoms with E-state index in [0.717, 1.165) is 5.56 Å². The quantitative estimate of drug-likeness (QED) is 0.854. The van der Waals surface area contributed by atoms with Gasteiger partial charge in [-0.05, 0) is 12.1 Å². The molecule has 0 saturated heterocycles. The number of fused-ring (bicyclic) bond motifs is 1. The molecule has 0 N–H and O–H groups in total. The molecule has 0 aliphatic carbocycles. The van der Waals surface area contributed by atoms with Gasteiger partial charge in [-0.3, -0.25) is 9.48 Å². The van der Waals surface area contributed by atoms with E-state index in [1.165, 1.54) is 0 Å². The average Bonchev–Trinajstić information content (AvgIpc) is 2.97. The SMILES string of the molecule is COc1cc(C(=O)N(C)Cc2cnn(C)c2)cc2c1OCCO2. The van der Waals surface area contributed by atoms with Crippen LogP contribution < -0.4 is 14.2 Å². The smallest absolute Gasteiger partial charge is 0.254 e. The van der Waals surface area contributed by atoms with Gasteiger partial charge < -0.3 is 19.1 Å². The van der Waals surface area contributed by atoms with Crippen molar-refractivity contribution in [3.8, 4) is 17.2 Å². The minimum atomic E-state index is -0.121. The summed E-state index contributed by atoms with van der Waals surface area (Å²) in [5.41, 5.74) is 1.46. The summed E-state index contributed by atoms with van der Waals surface area (Å²) in [5.74, 6) is 1.46. The molecule has 7 nitrogen and oxygen atoms in total. The first-order valence-electron chi connectivity index (χ1n) is 7.29. The molecule has 3 rings (SSSR count). The van der Waals surface area contributed by atoms with E-state index in [-0.39, 0.29) is 5.91 Å². The monoisotopic (exact) mass is 317 g/mol. The zero-order chi connectivity index (χ0) is 16.4. The summed E-state index contributed by atoms with van der Waals surface area (Å²) in [6, 6.07) is 3.37. The van der Waals surface area contributed by atoms with Gasteiger partial charge >= 0.3 is 0 Å². The van der Waals surface area contributed by atoms with E-state index in [0.29, 0.717) is 42.6 Å². The molecule has 0 radical (unpaired) electrons. The van der Waals surface area contributed by atoms with E-state index in [1.807, 2.05) is 13.2 Å². The van der Waals surface area contributed by atoms with E-state index in [1.54, 1.807) is 42.1 Å². The Morgan fingerprint density at radius 2 is 2.17 bits per heavy atom. The first-order valence-corrected chi connectivity index (χ1v) is 7.29. The maximum Gasteiger partial charge on any atom is 0.254 e. The highest BCUT2D eigenvalue weighted by molar-refractivity contribution is 5.95. The Labute approximate surface area is 134 Å². The Hall–Kier alpha value is -2.70. The number of aryl methyl sites for hydroxylation is 1. The van der Waals surface area contributed by atoms with Gasteiger partial charge in [-0.15, -0.1) is 0 Å². The van der Waals surface area contributed by atoms with Gasteiger partial charge in [-0.25, -0.2) is 0 Å². The van der Waals surface area contributed by atoms with E-state index < -0.39 is 0 Å². The molecule has 1 aromatic heterocycles. The molecule has 0 fully saturated rings. The molecule has 1 aliphatic rings. The van der Waals surface area contributed by atoms with Gasteiger partial charge in [0.2, 0.25) is 5.75 Å². The van der Waals surface area contributed by atoms with Gasteiger partial charge in [-0.2, -0.15) is 5.10 Å². The number of hydrogen-bond donors (Lipinski definition) is 0. The number of hydrogen-bond acceptors (Lipinski definition) is 5. The fraction of sp³-hybridized carbons (Fsp3) is 0.375. The van der Waals surface area contributed by atoms with Crippen molar-refractivity contribution in [2.75, 3.05) is 27.4 Å². The third-order valence-corrected chi connectivity index (χ3v) is 3.60. The lowest BCUT2D eigenvalue weighted by molar-refractivity contribution is 0.0783. The maximum atomic E-state index is 12.7. The van der Waals surface area contributed by atoms with Crippen molar-refractivity contribution in [1.29, 1.82) is 0 Å². The summed E-state index contributed by atoms with van der Waals surface area (Å²) in [7, 11) is 5.14. The van der Waals surface area contributed by atoms with Crippen LogP contribution >= 0.6 is 0 Å². The summed E-state index contributed by atoms with van der Waals surface area (Å²) < 4.78 is 18.1. The zero-order valence-electron chi connectivity index (χ0n) is 13.4. The Kier molecular flexibility index (Phi) is 4.10. The molecule has 23 heavy (non-hydrogen) atoms. The second-order valence-corrected chi connectivity index (χ2v) is 5.39. The minimum absolute atomic E-state index is 0.121. The molecule has 0 bridgehead atoms. The standard InChI is InChI=1S/C16H19N3O4/c1-18(9-11-8-17-19(2)10-11)16(20)12-6-13(21-3)15-14(7-12)22-4-5-23-15/h6-8,10H,4-5,9H2,1-3H3. The van der Waals surface area contributed by atoms with Crippen molar-refractivity contribution < 1.29 is 19.0 Å². The Balaban J connectivity index is 1.83. The van der Waals surface area contributed by atoms with Gasteiger partial charge in [0.15, 0.2) is 11.5 Å². The highest BCUT2D eigenvalue weighted by Crippen LogP contribution is 2.40. The van der Waals surface area contributed by atoms with Gasteiger partial charge in [0, 0.05) is 38.0 Å². The number of carbonyl (C=O) groups is 1. The van der Waals surface area contributed by atoms with Crippen molar-refractivity contribution in [1.82, 2.24) is 14.7 Å². The number of aromatic nitrogens is 2. The first-order chi connectivity index (χ1) is 11.1. The second-order valence-electron chi connectivity index (χ2n) is 5.39. The van der Waals surface area contributed by atoms with Crippen LogP contribution in [-0.2, 0) is 13.6 Å². The molecule has 2 heterocycles. The summed E-state index contributed by atoms with van der Waals surface area (Å²) in [6.45, 7) is 1.40. The van der Waals surface area contributed by atoms with Crippen LogP contribution in [0.4, 0.5) is 0 Å². The van der Waals surface area contributed by atoms with Crippen molar-refractivity contribution >= 4 is 5.91 Å². The third kappa shape index (κ3) is 3.08. The van der Waals surface area contributed by atoms with Crippen LogP contribution in [0.15, 0.2) is 24.5 Å². The molecule has 2 aromatic rings. The van der Waals surface area contributed by atoms with Crippen LogP contribution in [0.2, 0.25) is 0 Å². The van der Waals surface area contributed by atoms with Crippen LogP contribution in [-0.4, -0.2) is 48.0 Å². The normalized spacial score (nSPS) is 12.8. The molecule has 7 heteroatoms. The lowest BCUT2D eigenvalue weighted by Gasteiger charge is -2.22. The molecule has 0 saturated carbocycles. The van der Waals surface area contributed by atoms with E-state index in [4.69, 9.17) is 14.2 Å². The first kappa shape index (κ1) is 15.2. The molecule has 122 valence electrons. The predicted octanol–water partition coefficient (Wildman–Crippen LogP) is 1.47. The number of ether oxygens (including phenoxy) is 3. The number of carbonyl (C=O) groups excluding carboxylic acids is 1. The maximum absolute atomic E-state index is 12.7. The Bertz CT molecular complexity index is 709. The summed E-state index contributed by atoms with van der Waals surface area (Å²) in [5, 5.41) is 4.11. The van der Waals surface area contributed by atoms with Crippen molar-refractivity contribution in [2.45, 2.75) is 6.54 Å². The Morgan fingerprint density at radius 3 is 2.87 bits per heavy atom. The van der Waals surface area contributed by atoms with Crippen molar-refractivity contribution in [2.24, 2.45) is 7.05 Å². The lowest BCUT2D eigenvalue weighted by Crippen LogP contribution is -2.26. The minimum Gasteiger partial charge on any atom is -0.493 e. The summed E-state index contributed by atoms with van der Waals surface area (Å²) in [4.78, 5) is 14.3. The highest BCUT2D eigenvalue weighted by atomic mass is 16.6. The molecule has 1 aliphatic heterocycles. The lowest BCUT2D eigenvalue weighted by atomic mass is 10.1. The average molecular weight is 317 g/mol. The number of benzene rings is 1. The van der Waals surface area contributed by atoms with Gasteiger partial charge in [-0.1, -0.05) is 0 Å². The van der Waals surface area contributed by atoms with Crippen LogP contribution in [0.25, 0.3) is 0 Å². The largest absolute Gasteiger partial charge is 0.493 e. The molecular formula is C16H19N3O4. The van der Waals surface area contributed by atoms with Crippen molar-refractivity contribution in [3.05, 3.63) is 35.7 Å². The zero-order valence-corrected chi connectivity index (χ0v) is 13.4. The highest BCUT2D eigenvalue weighted by Gasteiger charge is 2.22. The van der Waals surface area contributed by atoms with Crippen LogP contribution in [0.5, 0.6) is 17.2 Å². The van der Waals surface area contributed by atoms with Gasteiger partial charge in [0.05, 0.1) is 13.3 Å². The second kappa shape index (κ2) is 6.20. The molecule has 0 atom stereocenters. The summed E-state index contributed by atoms with van der Waals surface area (Å²) in [6.07, 6.45) is 3.63. The van der Waals surface area contributed by atoms with E-state index in [9.17, 15) is 4.79 Å². The summed E-state index contributed by atoms with van der Waals surface area (Å²) >= 11 is 0. The molecule has 1 aromatic carbocycles. The molecule has 1 amide bonds. The topological polar surface area (TPSA) is 65.8 Å². The fourth-order valence-electron chi connectivity index (χ4n) is 2.52.